The first kappa shape index (κ1) is 13.6. The molecule has 1 rings (SSSR count). The van der Waals surface area contributed by atoms with Gasteiger partial charge in [0.1, 0.15) is 0 Å². The number of oxime groups is 1. The molecule has 0 spiro atoms. The van der Waals surface area contributed by atoms with Crippen molar-refractivity contribution in [2.45, 2.75) is 26.4 Å². The first-order valence-electron chi connectivity index (χ1n) is 5.34. The SMILES string of the molecule is CC[C@@H](C)Oc1c(Cl)cc(C=NO)cc1OC. The molecule has 0 aromatic heterocycles. The monoisotopic (exact) mass is 257 g/mol. The summed E-state index contributed by atoms with van der Waals surface area (Å²) in [5, 5.41) is 11.9. The van der Waals surface area contributed by atoms with E-state index < -0.39 is 0 Å². The summed E-state index contributed by atoms with van der Waals surface area (Å²) in [6, 6.07) is 3.35. The average molecular weight is 258 g/mol. The first-order chi connectivity index (χ1) is 8.12. The molecule has 1 atom stereocenters. The van der Waals surface area contributed by atoms with Gasteiger partial charge in [-0.15, -0.1) is 0 Å². The maximum atomic E-state index is 8.48. The Morgan fingerprint density at radius 2 is 2.24 bits per heavy atom. The summed E-state index contributed by atoms with van der Waals surface area (Å²) in [7, 11) is 1.54. The van der Waals surface area contributed by atoms with E-state index in [1.807, 2.05) is 13.8 Å². The van der Waals surface area contributed by atoms with Gasteiger partial charge < -0.3 is 14.7 Å². The molecule has 94 valence electrons. The van der Waals surface area contributed by atoms with Crippen molar-refractivity contribution < 1.29 is 14.7 Å². The Labute approximate surface area is 106 Å². The van der Waals surface area contributed by atoms with Gasteiger partial charge in [-0.1, -0.05) is 23.7 Å². The molecule has 0 heterocycles. The summed E-state index contributed by atoms with van der Waals surface area (Å²) < 4.78 is 10.9. The minimum atomic E-state index is 0.0544. The zero-order valence-corrected chi connectivity index (χ0v) is 10.9. The zero-order valence-electron chi connectivity index (χ0n) is 10.1. The molecular weight excluding hydrogens is 242 g/mol. The largest absolute Gasteiger partial charge is 0.493 e. The quantitative estimate of drug-likeness (QED) is 0.500. The van der Waals surface area contributed by atoms with Gasteiger partial charge in [0.2, 0.25) is 0 Å². The van der Waals surface area contributed by atoms with Crippen LogP contribution >= 0.6 is 11.6 Å². The van der Waals surface area contributed by atoms with E-state index in [0.29, 0.717) is 22.1 Å². The van der Waals surface area contributed by atoms with E-state index in [4.69, 9.17) is 26.3 Å². The van der Waals surface area contributed by atoms with Gasteiger partial charge in [0.05, 0.1) is 24.5 Å². The van der Waals surface area contributed by atoms with Crippen LogP contribution in [0.4, 0.5) is 0 Å². The number of hydrogen-bond donors (Lipinski definition) is 1. The highest BCUT2D eigenvalue weighted by Crippen LogP contribution is 2.36. The molecule has 0 fully saturated rings. The van der Waals surface area contributed by atoms with Crippen molar-refractivity contribution >= 4 is 17.8 Å². The van der Waals surface area contributed by atoms with Crippen molar-refractivity contribution in [2.24, 2.45) is 5.16 Å². The van der Waals surface area contributed by atoms with Gasteiger partial charge in [-0.3, -0.25) is 0 Å². The Hall–Kier alpha value is -1.42. The van der Waals surface area contributed by atoms with Crippen LogP contribution in [0.1, 0.15) is 25.8 Å². The zero-order chi connectivity index (χ0) is 12.8. The molecule has 17 heavy (non-hydrogen) atoms. The maximum Gasteiger partial charge on any atom is 0.180 e. The first-order valence-corrected chi connectivity index (χ1v) is 5.71. The summed E-state index contributed by atoms with van der Waals surface area (Å²) in [4.78, 5) is 0. The van der Waals surface area contributed by atoms with E-state index in [2.05, 4.69) is 5.16 Å². The fourth-order valence-electron chi connectivity index (χ4n) is 1.28. The molecule has 0 saturated heterocycles. The minimum Gasteiger partial charge on any atom is -0.493 e. The van der Waals surface area contributed by atoms with Crippen molar-refractivity contribution in [1.29, 1.82) is 0 Å². The van der Waals surface area contributed by atoms with Crippen LogP contribution in [0.25, 0.3) is 0 Å². The summed E-state index contributed by atoms with van der Waals surface area (Å²) in [6.07, 6.45) is 2.21. The molecule has 0 aliphatic rings. The van der Waals surface area contributed by atoms with Gasteiger partial charge in [0, 0.05) is 5.56 Å². The third-order valence-electron chi connectivity index (χ3n) is 2.35. The van der Waals surface area contributed by atoms with E-state index in [-0.39, 0.29) is 6.10 Å². The number of benzene rings is 1. The normalized spacial score (nSPS) is 12.7. The van der Waals surface area contributed by atoms with Crippen LogP contribution in [-0.4, -0.2) is 24.6 Å². The second-order valence-electron chi connectivity index (χ2n) is 3.62. The molecule has 0 aliphatic heterocycles. The highest BCUT2D eigenvalue weighted by molar-refractivity contribution is 6.32. The van der Waals surface area contributed by atoms with Crippen LogP contribution in [-0.2, 0) is 0 Å². The molecule has 0 saturated carbocycles. The van der Waals surface area contributed by atoms with Crippen molar-refractivity contribution in [3.05, 3.63) is 22.7 Å². The van der Waals surface area contributed by atoms with Crippen molar-refractivity contribution in [1.82, 2.24) is 0 Å². The van der Waals surface area contributed by atoms with Crippen LogP contribution in [0.5, 0.6) is 11.5 Å². The predicted octanol–water partition coefficient (Wildman–Crippen LogP) is 3.33. The lowest BCUT2D eigenvalue weighted by Gasteiger charge is -2.17. The van der Waals surface area contributed by atoms with Crippen LogP contribution in [0.2, 0.25) is 5.02 Å². The average Bonchev–Trinajstić information content (AvgIpc) is 2.32. The highest BCUT2D eigenvalue weighted by atomic mass is 35.5. The maximum absolute atomic E-state index is 8.48. The topological polar surface area (TPSA) is 51.0 Å². The van der Waals surface area contributed by atoms with E-state index in [9.17, 15) is 0 Å². The van der Waals surface area contributed by atoms with E-state index in [0.717, 1.165) is 6.42 Å². The fraction of sp³-hybridized carbons (Fsp3) is 0.417. The Morgan fingerprint density at radius 1 is 1.53 bits per heavy atom. The highest BCUT2D eigenvalue weighted by Gasteiger charge is 2.13. The third-order valence-corrected chi connectivity index (χ3v) is 2.63. The molecule has 0 aliphatic carbocycles. The molecule has 1 aromatic carbocycles. The summed E-state index contributed by atoms with van der Waals surface area (Å²) in [5.41, 5.74) is 0.644. The molecule has 0 unspecified atom stereocenters. The summed E-state index contributed by atoms with van der Waals surface area (Å²) in [5.74, 6) is 1.03. The molecule has 5 heteroatoms. The lowest BCUT2D eigenvalue weighted by molar-refractivity contribution is 0.208. The second-order valence-corrected chi connectivity index (χ2v) is 4.02. The van der Waals surface area contributed by atoms with Crippen LogP contribution < -0.4 is 9.47 Å². The summed E-state index contributed by atoms with van der Waals surface area (Å²) >= 11 is 6.10. The van der Waals surface area contributed by atoms with Gasteiger partial charge in [-0.25, -0.2) is 0 Å². The van der Waals surface area contributed by atoms with Crippen LogP contribution in [0, 0.1) is 0 Å². The number of hydrogen-bond acceptors (Lipinski definition) is 4. The molecule has 0 radical (unpaired) electrons. The van der Waals surface area contributed by atoms with Gasteiger partial charge in [-0.05, 0) is 25.5 Å². The molecule has 1 aromatic rings. The smallest absolute Gasteiger partial charge is 0.180 e. The van der Waals surface area contributed by atoms with Gasteiger partial charge in [0.15, 0.2) is 11.5 Å². The third kappa shape index (κ3) is 3.53. The van der Waals surface area contributed by atoms with E-state index in [1.54, 1.807) is 12.1 Å². The summed E-state index contributed by atoms with van der Waals surface area (Å²) in [6.45, 7) is 3.98. The van der Waals surface area contributed by atoms with Crippen LogP contribution in [0.15, 0.2) is 17.3 Å². The molecule has 1 N–H and O–H groups in total. The van der Waals surface area contributed by atoms with Gasteiger partial charge >= 0.3 is 0 Å². The number of methoxy groups -OCH3 is 1. The van der Waals surface area contributed by atoms with Gasteiger partial charge in [0.25, 0.3) is 0 Å². The molecule has 0 amide bonds. The van der Waals surface area contributed by atoms with Crippen molar-refractivity contribution in [3.8, 4) is 11.5 Å². The van der Waals surface area contributed by atoms with Gasteiger partial charge in [-0.2, -0.15) is 0 Å². The molecule has 0 bridgehead atoms. The number of nitrogens with zero attached hydrogens (tertiary/aromatic N) is 1. The molecule has 4 nitrogen and oxygen atoms in total. The standard InChI is InChI=1S/C12H16ClNO3/c1-4-8(2)17-12-10(13)5-9(7-14-15)6-11(12)16-3/h5-8,15H,4H2,1-3H3/t8-/m1/s1. The Morgan fingerprint density at radius 3 is 2.76 bits per heavy atom. The van der Waals surface area contributed by atoms with Crippen molar-refractivity contribution in [3.63, 3.8) is 0 Å². The Bertz CT molecular complexity index is 407. The number of halogens is 1. The lowest BCUT2D eigenvalue weighted by Crippen LogP contribution is -2.11. The van der Waals surface area contributed by atoms with E-state index in [1.165, 1.54) is 13.3 Å². The predicted molar refractivity (Wildman–Crippen MR) is 67.8 cm³/mol. The fourth-order valence-corrected chi connectivity index (χ4v) is 1.54. The number of ether oxygens (including phenoxy) is 2. The van der Waals surface area contributed by atoms with E-state index >= 15 is 0 Å². The second kappa shape index (κ2) is 6.35. The van der Waals surface area contributed by atoms with Crippen LogP contribution in [0.3, 0.4) is 0 Å². The Balaban J connectivity index is 3.11. The minimum absolute atomic E-state index is 0.0544. The Kier molecular flexibility index (Phi) is 5.10. The lowest BCUT2D eigenvalue weighted by atomic mass is 10.2. The molecular formula is C12H16ClNO3. The van der Waals surface area contributed by atoms with Crippen molar-refractivity contribution in [2.75, 3.05) is 7.11 Å². The number of rotatable bonds is 5.